The predicted octanol–water partition coefficient (Wildman–Crippen LogP) is 1.45. The molecule has 0 N–H and O–H groups in total. The van der Waals surface area contributed by atoms with E-state index in [1.54, 1.807) is 13.8 Å². The average Bonchev–Trinajstić information content (AvgIpc) is 2.13. The quantitative estimate of drug-likeness (QED) is 0.498. The molecule has 0 aromatic rings. The number of rotatable bonds is 5. The van der Waals surface area contributed by atoms with E-state index in [0.717, 1.165) is 0 Å². The van der Waals surface area contributed by atoms with Gasteiger partial charge in [-0.25, -0.2) is 4.79 Å². The van der Waals surface area contributed by atoms with Crippen molar-refractivity contribution in [2.45, 2.75) is 33.3 Å². The van der Waals surface area contributed by atoms with Gasteiger partial charge in [0.25, 0.3) is 0 Å². The number of hydrogen-bond donors (Lipinski definition) is 0. The van der Waals surface area contributed by atoms with Crippen molar-refractivity contribution >= 4 is 11.9 Å². The van der Waals surface area contributed by atoms with E-state index in [4.69, 9.17) is 9.47 Å². The minimum atomic E-state index is -0.577. The van der Waals surface area contributed by atoms with Crippen LogP contribution in [0.1, 0.15) is 27.2 Å². The van der Waals surface area contributed by atoms with E-state index in [-0.39, 0.29) is 12.2 Å². The molecule has 0 rings (SSSR count). The molecule has 0 aliphatic carbocycles. The van der Waals surface area contributed by atoms with Crippen LogP contribution < -0.4 is 0 Å². The fourth-order valence-electron chi connectivity index (χ4n) is 0.956. The maximum atomic E-state index is 11.2. The van der Waals surface area contributed by atoms with Gasteiger partial charge in [0, 0.05) is 6.92 Å². The van der Waals surface area contributed by atoms with Crippen molar-refractivity contribution in [1.29, 1.82) is 0 Å². The highest BCUT2D eigenvalue weighted by atomic mass is 16.6. The minimum absolute atomic E-state index is 0.185. The summed E-state index contributed by atoms with van der Waals surface area (Å²) in [5.41, 5.74) is 0.185. The largest absolute Gasteiger partial charge is 0.463 e. The predicted molar refractivity (Wildman–Crippen MR) is 51.6 cm³/mol. The van der Waals surface area contributed by atoms with Crippen LogP contribution in [0, 0.1) is 0 Å². The standard InChI is InChI=1S/C10H16O4/c1-5-9(14-8(4)11)7(3)10(12)13-6-2/h9H,3,5-6H2,1-2,4H3. The van der Waals surface area contributed by atoms with Crippen LogP contribution in [-0.2, 0) is 19.1 Å². The van der Waals surface area contributed by atoms with Crippen LogP contribution in [0.5, 0.6) is 0 Å². The molecule has 4 nitrogen and oxygen atoms in total. The molecule has 0 radical (unpaired) electrons. The van der Waals surface area contributed by atoms with Gasteiger partial charge in [-0.1, -0.05) is 13.5 Å². The number of hydrogen-bond acceptors (Lipinski definition) is 4. The summed E-state index contributed by atoms with van der Waals surface area (Å²) in [6, 6.07) is 0. The van der Waals surface area contributed by atoms with E-state index < -0.39 is 18.0 Å². The Morgan fingerprint density at radius 3 is 2.29 bits per heavy atom. The average molecular weight is 200 g/mol. The molecule has 0 fully saturated rings. The molecule has 0 saturated heterocycles. The van der Waals surface area contributed by atoms with Gasteiger partial charge in [-0.05, 0) is 13.3 Å². The van der Waals surface area contributed by atoms with Gasteiger partial charge in [-0.3, -0.25) is 4.79 Å². The molecule has 0 saturated carbocycles. The van der Waals surface area contributed by atoms with Crippen molar-refractivity contribution < 1.29 is 19.1 Å². The normalized spacial score (nSPS) is 11.6. The lowest BCUT2D eigenvalue weighted by atomic mass is 10.1. The summed E-state index contributed by atoms with van der Waals surface area (Å²) in [6.45, 7) is 8.63. The third kappa shape index (κ3) is 4.07. The molecule has 0 aliphatic heterocycles. The first-order valence-corrected chi connectivity index (χ1v) is 4.56. The summed E-state index contributed by atoms with van der Waals surface area (Å²) in [6.07, 6.45) is -0.0661. The summed E-state index contributed by atoms with van der Waals surface area (Å²) >= 11 is 0. The first-order valence-electron chi connectivity index (χ1n) is 4.56. The first-order chi connectivity index (χ1) is 6.52. The zero-order valence-corrected chi connectivity index (χ0v) is 8.83. The number of esters is 2. The van der Waals surface area contributed by atoms with Crippen LogP contribution in [0.4, 0.5) is 0 Å². The van der Waals surface area contributed by atoms with Gasteiger partial charge in [-0.2, -0.15) is 0 Å². The monoisotopic (exact) mass is 200 g/mol. The number of ether oxygens (including phenoxy) is 2. The smallest absolute Gasteiger partial charge is 0.337 e. The Hall–Kier alpha value is -1.32. The Kier molecular flexibility index (Phi) is 5.60. The van der Waals surface area contributed by atoms with Crippen molar-refractivity contribution in [3.05, 3.63) is 12.2 Å². The highest BCUT2D eigenvalue weighted by molar-refractivity contribution is 5.89. The Morgan fingerprint density at radius 2 is 1.93 bits per heavy atom. The second-order valence-electron chi connectivity index (χ2n) is 2.75. The summed E-state index contributed by atoms with van der Waals surface area (Å²) in [4.78, 5) is 21.9. The molecule has 0 amide bonds. The maximum absolute atomic E-state index is 11.2. The third-order valence-corrected chi connectivity index (χ3v) is 1.61. The molecule has 4 heteroatoms. The van der Waals surface area contributed by atoms with E-state index in [2.05, 4.69) is 6.58 Å². The van der Waals surface area contributed by atoms with Gasteiger partial charge in [0.05, 0.1) is 12.2 Å². The zero-order chi connectivity index (χ0) is 11.1. The fraction of sp³-hybridized carbons (Fsp3) is 0.600. The van der Waals surface area contributed by atoms with Crippen molar-refractivity contribution in [2.75, 3.05) is 6.61 Å². The first kappa shape index (κ1) is 12.7. The molecule has 1 unspecified atom stereocenters. The Balaban J connectivity index is 4.30. The van der Waals surface area contributed by atoms with Gasteiger partial charge in [0.2, 0.25) is 0 Å². The van der Waals surface area contributed by atoms with Gasteiger partial charge in [0.1, 0.15) is 6.10 Å². The van der Waals surface area contributed by atoms with E-state index in [1.807, 2.05) is 0 Å². The molecule has 0 aromatic heterocycles. The highest BCUT2D eigenvalue weighted by Gasteiger charge is 2.20. The summed E-state index contributed by atoms with van der Waals surface area (Å²) < 4.78 is 9.63. The summed E-state index contributed by atoms with van der Waals surface area (Å²) in [7, 11) is 0. The van der Waals surface area contributed by atoms with Crippen LogP contribution in [-0.4, -0.2) is 24.6 Å². The Morgan fingerprint density at radius 1 is 1.36 bits per heavy atom. The fourth-order valence-corrected chi connectivity index (χ4v) is 0.956. The molecule has 0 aliphatic rings. The SMILES string of the molecule is C=C(C(=O)OCC)C(CC)OC(C)=O. The van der Waals surface area contributed by atoms with Crippen LogP contribution in [0.2, 0.25) is 0 Å². The second-order valence-corrected chi connectivity index (χ2v) is 2.75. The van der Waals surface area contributed by atoms with Gasteiger partial charge in [-0.15, -0.1) is 0 Å². The molecule has 1 atom stereocenters. The minimum Gasteiger partial charge on any atom is -0.463 e. The molecule has 0 heterocycles. The van der Waals surface area contributed by atoms with E-state index in [9.17, 15) is 9.59 Å². The topological polar surface area (TPSA) is 52.6 Å². The van der Waals surface area contributed by atoms with E-state index in [1.165, 1.54) is 6.92 Å². The molecule has 0 aromatic carbocycles. The summed E-state index contributed by atoms with van der Waals surface area (Å²) in [5.74, 6) is -0.942. The summed E-state index contributed by atoms with van der Waals surface area (Å²) in [5, 5.41) is 0. The van der Waals surface area contributed by atoms with Gasteiger partial charge < -0.3 is 9.47 Å². The molecule has 14 heavy (non-hydrogen) atoms. The molecular formula is C10H16O4. The molecule has 0 bridgehead atoms. The van der Waals surface area contributed by atoms with Crippen molar-refractivity contribution in [2.24, 2.45) is 0 Å². The highest BCUT2D eigenvalue weighted by Crippen LogP contribution is 2.10. The van der Waals surface area contributed by atoms with Gasteiger partial charge in [0.15, 0.2) is 0 Å². The van der Waals surface area contributed by atoms with Crippen LogP contribution in [0.15, 0.2) is 12.2 Å². The lowest BCUT2D eigenvalue weighted by Crippen LogP contribution is -2.23. The van der Waals surface area contributed by atoms with Crippen LogP contribution in [0.25, 0.3) is 0 Å². The van der Waals surface area contributed by atoms with E-state index in [0.29, 0.717) is 6.42 Å². The zero-order valence-electron chi connectivity index (χ0n) is 8.83. The molecule has 80 valence electrons. The van der Waals surface area contributed by atoms with Crippen molar-refractivity contribution in [3.8, 4) is 0 Å². The van der Waals surface area contributed by atoms with Crippen molar-refractivity contribution in [3.63, 3.8) is 0 Å². The maximum Gasteiger partial charge on any atom is 0.337 e. The van der Waals surface area contributed by atoms with Crippen molar-refractivity contribution in [1.82, 2.24) is 0 Å². The second kappa shape index (κ2) is 6.18. The number of carbonyl (C=O) groups is 2. The molecule has 0 spiro atoms. The Bertz CT molecular complexity index is 232. The van der Waals surface area contributed by atoms with Crippen LogP contribution >= 0.6 is 0 Å². The number of carbonyl (C=O) groups excluding carboxylic acids is 2. The van der Waals surface area contributed by atoms with E-state index >= 15 is 0 Å². The van der Waals surface area contributed by atoms with Gasteiger partial charge >= 0.3 is 11.9 Å². The Labute approximate surface area is 83.9 Å². The lowest BCUT2D eigenvalue weighted by Gasteiger charge is -2.16. The molecular weight excluding hydrogens is 184 g/mol. The third-order valence-electron chi connectivity index (χ3n) is 1.61. The lowest BCUT2D eigenvalue weighted by molar-refractivity contribution is -0.147. The van der Waals surface area contributed by atoms with Crippen LogP contribution in [0.3, 0.4) is 0 Å².